The Morgan fingerprint density at radius 2 is 1.71 bits per heavy atom. The monoisotopic (exact) mass is 556 g/mol. The van der Waals surface area contributed by atoms with Gasteiger partial charge in [-0.2, -0.15) is 5.10 Å². The van der Waals surface area contributed by atoms with E-state index in [-0.39, 0.29) is 5.91 Å². The number of amides is 1. The molecule has 0 aliphatic rings. The molecule has 172 valence electrons. The Labute approximate surface area is 213 Å². The molecule has 0 spiro atoms. The quantitative estimate of drug-likeness (QED) is 0.123. The third kappa shape index (κ3) is 5.83. The van der Waals surface area contributed by atoms with Crippen LogP contribution >= 0.6 is 38.9 Å². The summed E-state index contributed by atoms with van der Waals surface area (Å²) >= 11 is 11.0. The van der Waals surface area contributed by atoms with E-state index in [4.69, 9.17) is 21.1 Å². The van der Waals surface area contributed by atoms with Crippen molar-refractivity contribution in [3.8, 4) is 11.5 Å². The number of halogens is 2. The zero-order valence-corrected chi connectivity index (χ0v) is 21.0. The van der Waals surface area contributed by atoms with E-state index in [0.29, 0.717) is 27.0 Å². The van der Waals surface area contributed by atoms with Crippen molar-refractivity contribution in [3.05, 3.63) is 92.7 Å². The molecular weight excluding hydrogens is 540 g/mol. The fraction of sp³-hybridized carbons (Fsp3) is 0.0800. The van der Waals surface area contributed by atoms with Crippen molar-refractivity contribution in [3.63, 3.8) is 0 Å². The van der Waals surface area contributed by atoms with Gasteiger partial charge in [-0.25, -0.2) is 10.2 Å². The number of ether oxygens (including phenoxy) is 2. The summed E-state index contributed by atoms with van der Waals surface area (Å²) in [5.41, 5.74) is 3.16. The molecule has 9 heteroatoms. The largest absolute Gasteiger partial charge is 0.481 e. The van der Waals surface area contributed by atoms with Crippen LogP contribution in [0.2, 0.25) is 5.02 Å². The molecule has 1 unspecified atom stereocenters. The number of hydrogen-bond acceptors (Lipinski definition) is 6. The predicted octanol–water partition coefficient (Wildman–Crippen LogP) is 6.45. The van der Waals surface area contributed by atoms with Gasteiger partial charge in [-0.05, 0) is 67.1 Å². The molecule has 1 amide bonds. The normalized spacial score (nSPS) is 12.0. The fourth-order valence-electron chi connectivity index (χ4n) is 2.95. The number of esters is 1. The molecule has 1 atom stereocenters. The average Bonchev–Trinajstić information content (AvgIpc) is 3.18. The highest BCUT2D eigenvalue weighted by atomic mass is 79.9. The summed E-state index contributed by atoms with van der Waals surface area (Å²) in [4.78, 5) is 25.1. The van der Waals surface area contributed by atoms with Crippen LogP contribution in [-0.4, -0.2) is 24.2 Å². The molecule has 1 N–H and O–H groups in total. The predicted molar refractivity (Wildman–Crippen MR) is 138 cm³/mol. The molecule has 1 heterocycles. The molecule has 4 aromatic rings. The standard InChI is InChI=1S/C25H18BrClN2O4S/c1-15(32-18-12-8-17(26)9-13-18)24(30)29-28-14-16-6-10-19(11-7-16)33-25(31)23-22(27)20-4-2-3-5-21(20)34-23/h2-15H,1H3,(H,29,30). The second-order valence-electron chi connectivity index (χ2n) is 7.15. The van der Waals surface area contributed by atoms with Gasteiger partial charge in [0.25, 0.3) is 5.91 Å². The van der Waals surface area contributed by atoms with Crippen molar-refractivity contribution < 1.29 is 19.1 Å². The van der Waals surface area contributed by atoms with E-state index in [0.717, 1.165) is 14.6 Å². The number of nitrogens with one attached hydrogen (secondary N) is 1. The van der Waals surface area contributed by atoms with Crippen LogP contribution in [-0.2, 0) is 4.79 Å². The summed E-state index contributed by atoms with van der Waals surface area (Å²) in [7, 11) is 0. The minimum absolute atomic E-state index is 0.357. The summed E-state index contributed by atoms with van der Waals surface area (Å²) in [5.74, 6) is 0.0534. The van der Waals surface area contributed by atoms with Crippen LogP contribution in [0.4, 0.5) is 0 Å². The van der Waals surface area contributed by atoms with Crippen molar-refractivity contribution in [1.82, 2.24) is 5.43 Å². The highest BCUT2D eigenvalue weighted by Crippen LogP contribution is 2.35. The number of hydrazone groups is 1. The molecule has 4 rings (SSSR count). The van der Waals surface area contributed by atoms with Gasteiger partial charge in [0.15, 0.2) is 6.10 Å². The third-order valence-electron chi connectivity index (χ3n) is 4.70. The molecule has 0 radical (unpaired) electrons. The molecule has 0 aliphatic carbocycles. The van der Waals surface area contributed by atoms with Gasteiger partial charge in [0.1, 0.15) is 16.4 Å². The topological polar surface area (TPSA) is 77.0 Å². The lowest BCUT2D eigenvalue weighted by atomic mass is 10.2. The van der Waals surface area contributed by atoms with E-state index in [1.807, 2.05) is 36.4 Å². The molecule has 3 aromatic carbocycles. The lowest BCUT2D eigenvalue weighted by Gasteiger charge is -2.12. The number of benzene rings is 3. The van der Waals surface area contributed by atoms with Gasteiger partial charge in [-0.3, -0.25) is 4.79 Å². The summed E-state index contributed by atoms with van der Waals surface area (Å²) in [6.45, 7) is 1.64. The number of carbonyl (C=O) groups is 2. The van der Waals surface area contributed by atoms with Crippen molar-refractivity contribution in [2.24, 2.45) is 5.10 Å². The van der Waals surface area contributed by atoms with Crippen molar-refractivity contribution in [2.45, 2.75) is 13.0 Å². The van der Waals surface area contributed by atoms with E-state index in [9.17, 15) is 9.59 Å². The first-order valence-electron chi connectivity index (χ1n) is 10.1. The molecular formula is C25H18BrClN2O4S. The highest BCUT2D eigenvalue weighted by Gasteiger charge is 2.19. The lowest BCUT2D eigenvalue weighted by molar-refractivity contribution is -0.127. The second kappa shape index (κ2) is 10.8. The summed E-state index contributed by atoms with van der Waals surface area (Å²) < 4.78 is 12.9. The Kier molecular flexibility index (Phi) is 7.62. The van der Waals surface area contributed by atoms with Crippen molar-refractivity contribution in [2.75, 3.05) is 0 Å². The van der Waals surface area contributed by atoms with E-state index >= 15 is 0 Å². The van der Waals surface area contributed by atoms with Gasteiger partial charge in [0, 0.05) is 14.6 Å². The van der Waals surface area contributed by atoms with E-state index in [2.05, 4.69) is 26.5 Å². The van der Waals surface area contributed by atoms with Crippen LogP contribution in [0, 0.1) is 0 Å². The number of fused-ring (bicyclic) bond motifs is 1. The van der Waals surface area contributed by atoms with Crippen LogP contribution in [0.15, 0.2) is 82.4 Å². The molecule has 6 nitrogen and oxygen atoms in total. The van der Waals surface area contributed by atoms with Crippen LogP contribution in [0.3, 0.4) is 0 Å². The lowest BCUT2D eigenvalue weighted by Crippen LogP contribution is -2.33. The van der Waals surface area contributed by atoms with Crippen molar-refractivity contribution in [1.29, 1.82) is 0 Å². The van der Waals surface area contributed by atoms with E-state index in [1.54, 1.807) is 43.3 Å². The van der Waals surface area contributed by atoms with Gasteiger partial charge in [0.05, 0.1) is 11.2 Å². The number of rotatable bonds is 7. The van der Waals surface area contributed by atoms with Crippen LogP contribution in [0.25, 0.3) is 10.1 Å². The second-order valence-corrected chi connectivity index (χ2v) is 9.49. The molecule has 0 aliphatic heterocycles. The average molecular weight is 558 g/mol. The molecule has 0 saturated carbocycles. The first-order chi connectivity index (χ1) is 16.4. The Morgan fingerprint density at radius 3 is 2.41 bits per heavy atom. The number of thiophene rings is 1. The summed E-state index contributed by atoms with van der Waals surface area (Å²) in [5, 5.41) is 5.17. The van der Waals surface area contributed by atoms with Gasteiger partial charge in [-0.15, -0.1) is 11.3 Å². The molecule has 1 aromatic heterocycles. The third-order valence-corrected chi connectivity index (χ3v) is 6.88. The van der Waals surface area contributed by atoms with E-state index < -0.39 is 12.1 Å². The van der Waals surface area contributed by atoms with Crippen LogP contribution < -0.4 is 14.9 Å². The Hall–Kier alpha value is -3.20. The van der Waals surface area contributed by atoms with Gasteiger partial charge < -0.3 is 9.47 Å². The minimum atomic E-state index is -0.721. The molecule has 0 saturated heterocycles. The number of hydrogen-bond donors (Lipinski definition) is 1. The zero-order chi connectivity index (χ0) is 24.1. The number of nitrogens with zero attached hydrogens (tertiary/aromatic N) is 1. The SMILES string of the molecule is CC(Oc1ccc(Br)cc1)C(=O)NN=Cc1ccc(OC(=O)c2sc3ccccc3c2Cl)cc1. The van der Waals surface area contributed by atoms with Gasteiger partial charge >= 0.3 is 5.97 Å². The summed E-state index contributed by atoms with van der Waals surface area (Å²) in [6, 6.07) is 21.4. The Balaban J connectivity index is 1.31. The van der Waals surface area contributed by atoms with Crippen LogP contribution in [0.1, 0.15) is 22.2 Å². The zero-order valence-electron chi connectivity index (χ0n) is 17.8. The minimum Gasteiger partial charge on any atom is -0.481 e. The fourth-order valence-corrected chi connectivity index (χ4v) is 4.60. The molecule has 0 bridgehead atoms. The first kappa shape index (κ1) is 23.9. The Morgan fingerprint density at radius 1 is 1.03 bits per heavy atom. The van der Waals surface area contributed by atoms with Gasteiger partial charge in [-0.1, -0.05) is 45.7 Å². The van der Waals surface area contributed by atoms with E-state index in [1.165, 1.54) is 17.6 Å². The van der Waals surface area contributed by atoms with Crippen LogP contribution in [0.5, 0.6) is 11.5 Å². The molecule has 0 fully saturated rings. The number of carbonyl (C=O) groups excluding carboxylic acids is 2. The maximum Gasteiger partial charge on any atom is 0.355 e. The highest BCUT2D eigenvalue weighted by molar-refractivity contribution is 9.10. The van der Waals surface area contributed by atoms with Gasteiger partial charge in [0.2, 0.25) is 0 Å². The first-order valence-corrected chi connectivity index (χ1v) is 12.1. The molecule has 34 heavy (non-hydrogen) atoms. The Bertz CT molecular complexity index is 1350. The summed E-state index contributed by atoms with van der Waals surface area (Å²) in [6.07, 6.45) is 0.763. The maximum atomic E-state index is 12.6. The smallest absolute Gasteiger partial charge is 0.355 e. The van der Waals surface area contributed by atoms with Crippen molar-refractivity contribution >= 4 is 67.0 Å². The maximum absolute atomic E-state index is 12.6.